The smallest absolute Gasteiger partial charge is 0.128 e. The summed E-state index contributed by atoms with van der Waals surface area (Å²) in [5, 5.41) is 0. The Hall–Kier alpha value is -0.970. The van der Waals surface area contributed by atoms with E-state index in [1.165, 1.54) is 6.07 Å². The van der Waals surface area contributed by atoms with Gasteiger partial charge in [-0.15, -0.1) is 0 Å². The molecule has 2 N–H and O–H groups in total. The summed E-state index contributed by atoms with van der Waals surface area (Å²) in [4.78, 5) is 2.21. The molecular formula is C16H27FN2O. The molecule has 1 unspecified atom stereocenters. The van der Waals surface area contributed by atoms with Crippen LogP contribution in [0.25, 0.3) is 0 Å². The van der Waals surface area contributed by atoms with Crippen LogP contribution in [0.4, 0.5) is 4.39 Å². The van der Waals surface area contributed by atoms with Gasteiger partial charge in [0, 0.05) is 32.3 Å². The van der Waals surface area contributed by atoms with Crippen LogP contribution in [0.3, 0.4) is 0 Å². The summed E-state index contributed by atoms with van der Waals surface area (Å²) in [6.07, 6.45) is 0. The number of rotatable bonds is 8. The average molecular weight is 282 g/mol. The van der Waals surface area contributed by atoms with E-state index in [1.54, 1.807) is 13.2 Å². The number of nitrogens with two attached hydrogens (primary N) is 1. The highest BCUT2D eigenvalue weighted by molar-refractivity contribution is 5.27. The summed E-state index contributed by atoms with van der Waals surface area (Å²) in [5.41, 5.74) is 7.66. The van der Waals surface area contributed by atoms with Gasteiger partial charge in [0.05, 0.1) is 12.6 Å². The minimum atomic E-state index is -0.183. The molecule has 1 rings (SSSR count). The summed E-state index contributed by atoms with van der Waals surface area (Å²) < 4.78 is 19.3. The number of halogens is 1. The largest absolute Gasteiger partial charge is 0.383 e. The Bertz CT molecular complexity index is 409. The Kier molecular flexibility index (Phi) is 7.13. The Balaban J connectivity index is 3.01. The van der Waals surface area contributed by atoms with Crippen molar-refractivity contribution in [1.29, 1.82) is 0 Å². The lowest BCUT2D eigenvalue weighted by Gasteiger charge is -2.32. The molecule has 0 aliphatic heterocycles. The maximum Gasteiger partial charge on any atom is 0.128 e. The summed E-state index contributed by atoms with van der Waals surface area (Å²) in [6.45, 7) is 8.93. The molecule has 0 radical (unpaired) electrons. The van der Waals surface area contributed by atoms with Gasteiger partial charge in [-0.1, -0.05) is 31.5 Å². The molecule has 1 atom stereocenters. The van der Waals surface area contributed by atoms with Crippen LogP contribution in [0.15, 0.2) is 18.2 Å². The zero-order chi connectivity index (χ0) is 15.1. The number of aryl methyl sites for hydroxylation is 1. The van der Waals surface area contributed by atoms with Gasteiger partial charge in [-0.05, 0) is 18.9 Å². The number of hydrogen-bond donors (Lipinski definition) is 1. The van der Waals surface area contributed by atoms with Crippen LogP contribution in [0.1, 0.15) is 31.0 Å². The fraction of sp³-hybridized carbons (Fsp3) is 0.625. The summed E-state index contributed by atoms with van der Waals surface area (Å²) in [6, 6.07) is 5.10. The summed E-state index contributed by atoms with van der Waals surface area (Å²) >= 11 is 0. The average Bonchev–Trinajstić information content (AvgIpc) is 2.40. The van der Waals surface area contributed by atoms with Gasteiger partial charge in [0.1, 0.15) is 5.82 Å². The van der Waals surface area contributed by atoms with Gasteiger partial charge in [0.25, 0.3) is 0 Å². The van der Waals surface area contributed by atoms with E-state index in [9.17, 15) is 4.39 Å². The van der Waals surface area contributed by atoms with Crippen LogP contribution in [0.5, 0.6) is 0 Å². The molecular weight excluding hydrogens is 255 g/mol. The SMILES string of the molecule is COCCN(CC(C)C)C(CN)c1cc(C)ccc1F. The highest BCUT2D eigenvalue weighted by atomic mass is 19.1. The van der Waals surface area contributed by atoms with E-state index >= 15 is 0 Å². The van der Waals surface area contributed by atoms with Crippen molar-refractivity contribution in [2.45, 2.75) is 26.8 Å². The van der Waals surface area contributed by atoms with Crippen LogP contribution in [0.2, 0.25) is 0 Å². The molecule has 0 aromatic heterocycles. The minimum Gasteiger partial charge on any atom is -0.383 e. The molecule has 0 heterocycles. The molecule has 3 nitrogen and oxygen atoms in total. The Morgan fingerprint density at radius 1 is 1.35 bits per heavy atom. The topological polar surface area (TPSA) is 38.5 Å². The molecule has 114 valence electrons. The van der Waals surface area contributed by atoms with Crippen molar-refractivity contribution in [3.8, 4) is 0 Å². The number of ether oxygens (including phenoxy) is 1. The second-order valence-corrected chi connectivity index (χ2v) is 5.66. The molecule has 0 saturated carbocycles. The van der Waals surface area contributed by atoms with Crippen molar-refractivity contribution in [3.63, 3.8) is 0 Å². The number of benzene rings is 1. The monoisotopic (exact) mass is 282 g/mol. The normalized spacial score (nSPS) is 13.2. The molecule has 0 bridgehead atoms. The van der Waals surface area contributed by atoms with Gasteiger partial charge in [-0.2, -0.15) is 0 Å². The fourth-order valence-corrected chi connectivity index (χ4v) is 2.44. The second-order valence-electron chi connectivity index (χ2n) is 5.66. The Labute approximate surface area is 121 Å². The number of nitrogens with zero attached hydrogens (tertiary/aromatic N) is 1. The van der Waals surface area contributed by atoms with E-state index in [-0.39, 0.29) is 11.9 Å². The predicted molar refractivity (Wildman–Crippen MR) is 81.2 cm³/mol. The van der Waals surface area contributed by atoms with Crippen molar-refractivity contribution in [1.82, 2.24) is 4.90 Å². The van der Waals surface area contributed by atoms with Crippen LogP contribution < -0.4 is 5.73 Å². The van der Waals surface area contributed by atoms with E-state index in [1.807, 2.05) is 13.0 Å². The first kappa shape index (κ1) is 17.1. The van der Waals surface area contributed by atoms with Crippen LogP contribution in [-0.2, 0) is 4.74 Å². The van der Waals surface area contributed by atoms with Crippen molar-refractivity contribution >= 4 is 0 Å². The van der Waals surface area contributed by atoms with E-state index in [0.717, 1.165) is 18.7 Å². The third-order valence-electron chi connectivity index (χ3n) is 3.36. The van der Waals surface area contributed by atoms with Gasteiger partial charge in [0.15, 0.2) is 0 Å². The van der Waals surface area contributed by atoms with Crippen molar-refractivity contribution in [2.24, 2.45) is 11.7 Å². The van der Waals surface area contributed by atoms with Crippen LogP contribution >= 0.6 is 0 Å². The zero-order valence-corrected chi connectivity index (χ0v) is 13.0. The van der Waals surface area contributed by atoms with Crippen molar-refractivity contribution < 1.29 is 9.13 Å². The standard InChI is InChI=1S/C16H27FN2O/c1-12(2)11-19(7-8-20-4)16(10-18)14-9-13(3)5-6-15(14)17/h5-6,9,12,16H,7-8,10-11,18H2,1-4H3. The molecule has 4 heteroatoms. The lowest BCUT2D eigenvalue weighted by Crippen LogP contribution is -2.38. The van der Waals surface area contributed by atoms with Gasteiger partial charge >= 0.3 is 0 Å². The second kappa shape index (κ2) is 8.35. The fourth-order valence-electron chi connectivity index (χ4n) is 2.44. The Morgan fingerprint density at radius 3 is 2.60 bits per heavy atom. The molecule has 0 fully saturated rings. The molecule has 0 amide bonds. The molecule has 0 aliphatic rings. The Morgan fingerprint density at radius 2 is 2.05 bits per heavy atom. The molecule has 1 aromatic carbocycles. The van der Waals surface area contributed by atoms with Gasteiger partial charge < -0.3 is 10.5 Å². The van der Waals surface area contributed by atoms with Gasteiger partial charge in [-0.3, -0.25) is 4.90 Å². The van der Waals surface area contributed by atoms with Gasteiger partial charge in [0.2, 0.25) is 0 Å². The molecule has 0 spiro atoms. The summed E-state index contributed by atoms with van der Waals surface area (Å²) in [7, 11) is 1.68. The molecule has 20 heavy (non-hydrogen) atoms. The maximum atomic E-state index is 14.1. The lowest BCUT2D eigenvalue weighted by molar-refractivity contribution is 0.110. The highest BCUT2D eigenvalue weighted by Crippen LogP contribution is 2.24. The van der Waals surface area contributed by atoms with Gasteiger partial charge in [-0.25, -0.2) is 4.39 Å². The van der Waals surface area contributed by atoms with E-state index < -0.39 is 0 Å². The number of methoxy groups -OCH3 is 1. The van der Waals surface area contributed by atoms with Crippen molar-refractivity contribution in [3.05, 3.63) is 35.1 Å². The maximum absolute atomic E-state index is 14.1. The van der Waals surface area contributed by atoms with E-state index in [0.29, 0.717) is 24.6 Å². The first-order valence-corrected chi connectivity index (χ1v) is 7.18. The third-order valence-corrected chi connectivity index (χ3v) is 3.36. The predicted octanol–water partition coefficient (Wildman–Crippen LogP) is 2.74. The molecule has 0 saturated heterocycles. The molecule has 1 aromatic rings. The first-order valence-electron chi connectivity index (χ1n) is 7.18. The van der Waals surface area contributed by atoms with E-state index in [2.05, 4.69) is 18.7 Å². The zero-order valence-electron chi connectivity index (χ0n) is 13.0. The third kappa shape index (κ3) is 4.85. The van der Waals surface area contributed by atoms with Crippen LogP contribution in [-0.4, -0.2) is 38.3 Å². The highest BCUT2D eigenvalue weighted by Gasteiger charge is 2.22. The quantitative estimate of drug-likeness (QED) is 0.797. The lowest BCUT2D eigenvalue weighted by atomic mass is 10.0. The van der Waals surface area contributed by atoms with Crippen LogP contribution in [0, 0.1) is 18.7 Å². The number of hydrogen-bond acceptors (Lipinski definition) is 3. The first-order chi connectivity index (χ1) is 9.49. The van der Waals surface area contributed by atoms with Crippen molar-refractivity contribution in [2.75, 3.05) is 33.4 Å². The molecule has 0 aliphatic carbocycles. The summed E-state index contributed by atoms with van der Waals surface area (Å²) in [5.74, 6) is 0.311. The minimum absolute atomic E-state index is 0.104. The van der Waals surface area contributed by atoms with E-state index in [4.69, 9.17) is 10.5 Å².